The monoisotopic (exact) mass is 556 g/mol. The summed E-state index contributed by atoms with van der Waals surface area (Å²) >= 11 is 0. The van der Waals surface area contributed by atoms with Crippen molar-refractivity contribution in [3.8, 4) is 0 Å². The Balaban J connectivity index is 0.00000361. The van der Waals surface area contributed by atoms with Crippen LogP contribution < -0.4 is 11.1 Å². The van der Waals surface area contributed by atoms with Crippen molar-refractivity contribution in [2.75, 3.05) is 13.1 Å². The molecule has 9 heteroatoms. The van der Waals surface area contributed by atoms with Crippen LogP contribution in [0, 0.1) is 0 Å². The largest absolute Gasteiger partial charge is 0.363 e. The highest BCUT2D eigenvalue weighted by Crippen LogP contribution is 2.14. The van der Waals surface area contributed by atoms with Gasteiger partial charge in [-0.3, -0.25) is 24.3 Å². The Morgan fingerprint density at radius 3 is 2.16 bits per heavy atom. The lowest BCUT2D eigenvalue weighted by molar-refractivity contribution is -0.137. The van der Waals surface area contributed by atoms with Gasteiger partial charge in [0, 0.05) is 19.2 Å². The maximum atomic E-state index is 13.1. The van der Waals surface area contributed by atoms with Crippen molar-refractivity contribution in [3.05, 3.63) is 101 Å². The van der Waals surface area contributed by atoms with Crippen LogP contribution in [0.5, 0.6) is 0 Å². The summed E-state index contributed by atoms with van der Waals surface area (Å²) in [5, 5.41) is 2.67. The van der Waals surface area contributed by atoms with Gasteiger partial charge in [0.2, 0.25) is 5.78 Å². The van der Waals surface area contributed by atoms with E-state index in [1.807, 2.05) is 48.5 Å². The summed E-state index contributed by atoms with van der Waals surface area (Å²) in [7, 11) is 0. The van der Waals surface area contributed by atoms with E-state index in [0.29, 0.717) is 11.3 Å². The summed E-state index contributed by atoms with van der Waals surface area (Å²) in [6.07, 6.45) is 5.39. The molecule has 7 nitrogen and oxygen atoms in total. The second kappa shape index (κ2) is 16.3. The maximum absolute atomic E-state index is 13.1. The molecule has 0 saturated heterocycles. The first-order valence-electron chi connectivity index (χ1n) is 12.0. The standard InChI is InChI=1S/C29H32N4O3.2ClH/c1-3-33(4-2)20-23-14-12-21(13-15-23)16-17-25-24(11-8-18-31-25)29(36)32-26(27(34)28(30)35)19-22-9-6-5-7-10-22;;/h5-18,26H,3-4,19-20H2,1-2H3,(H2,30,35)(H,32,36);2*1H/b17-16+;;. The molecule has 3 aromatic rings. The summed E-state index contributed by atoms with van der Waals surface area (Å²) in [6.45, 7) is 7.19. The number of primary amides is 1. The van der Waals surface area contributed by atoms with Crippen LogP contribution in [-0.4, -0.2) is 46.6 Å². The smallest absolute Gasteiger partial charge is 0.287 e. The molecule has 0 aliphatic carbocycles. The molecule has 0 aliphatic heterocycles. The van der Waals surface area contributed by atoms with Crippen LogP contribution in [0.1, 0.15) is 46.6 Å². The Morgan fingerprint density at radius 1 is 0.895 bits per heavy atom. The zero-order chi connectivity index (χ0) is 25.9. The highest BCUT2D eigenvalue weighted by Gasteiger charge is 2.26. The van der Waals surface area contributed by atoms with Gasteiger partial charge in [-0.1, -0.05) is 74.5 Å². The van der Waals surface area contributed by atoms with Crippen LogP contribution in [0.3, 0.4) is 0 Å². The highest BCUT2D eigenvalue weighted by molar-refractivity contribution is 6.38. The molecular formula is C29H34Cl2N4O3. The Labute approximate surface area is 236 Å². The Bertz CT molecular complexity index is 1210. The average Bonchev–Trinajstić information content (AvgIpc) is 2.91. The number of benzene rings is 2. The minimum absolute atomic E-state index is 0. The molecule has 1 aromatic heterocycles. The topological polar surface area (TPSA) is 105 Å². The SMILES string of the molecule is CCN(CC)Cc1ccc(/C=C/c2ncccc2C(=O)NC(Cc2ccccc2)C(=O)C(N)=O)cc1.Cl.Cl. The van der Waals surface area contributed by atoms with E-state index in [-0.39, 0.29) is 31.2 Å². The number of rotatable bonds is 12. The van der Waals surface area contributed by atoms with Crippen molar-refractivity contribution in [1.29, 1.82) is 0 Å². The molecule has 0 fully saturated rings. The molecule has 38 heavy (non-hydrogen) atoms. The van der Waals surface area contributed by atoms with Crippen molar-refractivity contribution < 1.29 is 14.4 Å². The van der Waals surface area contributed by atoms with E-state index in [4.69, 9.17) is 5.73 Å². The molecule has 1 heterocycles. The first-order chi connectivity index (χ1) is 17.4. The lowest BCUT2D eigenvalue weighted by atomic mass is 10.0. The minimum atomic E-state index is -1.09. The third-order valence-electron chi connectivity index (χ3n) is 5.94. The average molecular weight is 558 g/mol. The molecule has 0 spiro atoms. The summed E-state index contributed by atoms with van der Waals surface area (Å²) < 4.78 is 0. The predicted octanol–water partition coefficient (Wildman–Crippen LogP) is 4.33. The second-order valence-corrected chi connectivity index (χ2v) is 8.42. The van der Waals surface area contributed by atoms with E-state index in [9.17, 15) is 14.4 Å². The number of amides is 2. The van der Waals surface area contributed by atoms with E-state index in [0.717, 1.165) is 30.8 Å². The van der Waals surface area contributed by atoms with Gasteiger partial charge in [-0.15, -0.1) is 24.8 Å². The second-order valence-electron chi connectivity index (χ2n) is 8.42. The summed E-state index contributed by atoms with van der Waals surface area (Å²) in [5.74, 6) is -2.45. The lowest BCUT2D eigenvalue weighted by Crippen LogP contribution is -2.47. The van der Waals surface area contributed by atoms with E-state index in [2.05, 4.69) is 41.2 Å². The number of hydrogen-bond donors (Lipinski definition) is 2. The number of Topliss-reactive ketones (excluding diaryl/α,β-unsaturated/α-hetero) is 1. The molecule has 3 N–H and O–H groups in total. The summed E-state index contributed by atoms with van der Waals surface area (Å²) in [6, 6.07) is 19.6. The number of ketones is 1. The van der Waals surface area contributed by atoms with E-state index in [1.165, 1.54) is 5.56 Å². The van der Waals surface area contributed by atoms with Gasteiger partial charge < -0.3 is 11.1 Å². The van der Waals surface area contributed by atoms with Crippen LogP contribution in [0.4, 0.5) is 0 Å². The molecule has 202 valence electrons. The number of nitrogens with one attached hydrogen (secondary N) is 1. The van der Waals surface area contributed by atoms with E-state index in [1.54, 1.807) is 24.4 Å². The van der Waals surface area contributed by atoms with Crippen LogP contribution in [0.25, 0.3) is 12.2 Å². The normalized spacial score (nSPS) is 11.3. The van der Waals surface area contributed by atoms with Crippen LogP contribution in [0.15, 0.2) is 72.9 Å². The van der Waals surface area contributed by atoms with Gasteiger partial charge in [0.05, 0.1) is 11.3 Å². The number of pyridine rings is 1. The molecule has 2 aromatic carbocycles. The van der Waals surface area contributed by atoms with Gasteiger partial charge in [0.15, 0.2) is 0 Å². The van der Waals surface area contributed by atoms with Gasteiger partial charge in [-0.25, -0.2) is 0 Å². The fraction of sp³-hybridized carbons (Fsp3) is 0.241. The molecule has 0 aliphatic rings. The van der Waals surface area contributed by atoms with Gasteiger partial charge in [0.1, 0.15) is 6.04 Å². The molecule has 1 unspecified atom stereocenters. The molecule has 2 amide bonds. The van der Waals surface area contributed by atoms with Crippen LogP contribution >= 0.6 is 24.8 Å². The fourth-order valence-electron chi connectivity index (χ4n) is 3.82. The lowest BCUT2D eigenvalue weighted by Gasteiger charge is -2.17. The number of carbonyl (C=O) groups excluding carboxylic acids is 3. The molecule has 0 radical (unpaired) electrons. The number of aromatic nitrogens is 1. The number of hydrogen-bond acceptors (Lipinski definition) is 5. The van der Waals surface area contributed by atoms with Crippen molar-refractivity contribution in [3.63, 3.8) is 0 Å². The van der Waals surface area contributed by atoms with Crippen LogP contribution in [-0.2, 0) is 22.6 Å². The summed E-state index contributed by atoms with van der Waals surface area (Å²) in [4.78, 5) is 43.8. The summed E-state index contributed by atoms with van der Waals surface area (Å²) in [5.41, 5.74) is 8.98. The molecule has 1 atom stereocenters. The third kappa shape index (κ3) is 9.41. The number of nitrogens with two attached hydrogens (primary N) is 1. The number of carbonyl (C=O) groups is 3. The number of halogens is 2. The maximum Gasteiger partial charge on any atom is 0.287 e. The van der Waals surface area contributed by atoms with Crippen molar-refractivity contribution in [2.45, 2.75) is 32.9 Å². The molecule has 3 rings (SSSR count). The van der Waals surface area contributed by atoms with Gasteiger partial charge >= 0.3 is 0 Å². The van der Waals surface area contributed by atoms with Gasteiger partial charge in [-0.2, -0.15) is 0 Å². The first kappa shape index (κ1) is 32.5. The first-order valence-corrected chi connectivity index (χ1v) is 12.0. The highest BCUT2D eigenvalue weighted by atomic mass is 35.5. The molecule has 0 bridgehead atoms. The number of nitrogens with zero attached hydrogens (tertiary/aromatic N) is 2. The zero-order valence-corrected chi connectivity index (χ0v) is 23.1. The van der Waals surface area contributed by atoms with Gasteiger partial charge in [-0.05, 0) is 48.0 Å². The van der Waals surface area contributed by atoms with Crippen molar-refractivity contribution in [1.82, 2.24) is 15.2 Å². The van der Waals surface area contributed by atoms with Crippen molar-refractivity contribution >= 4 is 54.6 Å². The van der Waals surface area contributed by atoms with Crippen LogP contribution in [0.2, 0.25) is 0 Å². The van der Waals surface area contributed by atoms with E-state index < -0.39 is 23.6 Å². The Hall–Kier alpha value is -3.52. The minimum Gasteiger partial charge on any atom is -0.363 e. The molecule has 0 saturated carbocycles. The zero-order valence-electron chi connectivity index (χ0n) is 21.5. The van der Waals surface area contributed by atoms with E-state index >= 15 is 0 Å². The van der Waals surface area contributed by atoms with Gasteiger partial charge in [0.25, 0.3) is 11.8 Å². The third-order valence-corrected chi connectivity index (χ3v) is 5.94. The molecular weight excluding hydrogens is 523 g/mol. The fourth-order valence-corrected chi connectivity index (χ4v) is 3.82. The van der Waals surface area contributed by atoms with Crippen molar-refractivity contribution in [2.24, 2.45) is 5.73 Å². The predicted molar refractivity (Wildman–Crippen MR) is 156 cm³/mol. The Kier molecular flexibility index (Phi) is 14.0. The quantitative estimate of drug-likeness (QED) is 0.323. The Morgan fingerprint density at radius 2 is 1.55 bits per heavy atom.